The molecule has 1 N–H and O–H groups in total. The van der Waals surface area contributed by atoms with Gasteiger partial charge >= 0.3 is 0 Å². The summed E-state index contributed by atoms with van der Waals surface area (Å²) in [5.41, 5.74) is 2.67. The van der Waals surface area contributed by atoms with E-state index in [0.29, 0.717) is 6.04 Å². The molecule has 0 radical (unpaired) electrons. The molecular formula is C16H28N2. The van der Waals surface area contributed by atoms with Crippen molar-refractivity contribution in [2.75, 3.05) is 19.4 Å². The highest BCUT2D eigenvalue weighted by Crippen LogP contribution is 2.18. The van der Waals surface area contributed by atoms with E-state index in [4.69, 9.17) is 0 Å². The van der Waals surface area contributed by atoms with E-state index >= 15 is 0 Å². The van der Waals surface area contributed by atoms with Crippen LogP contribution in [0.15, 0.2) is 24.3 Å². The quantitative estimate of drug-likeness (QED) is 0.696. The van der Waals surface area contributed by atoms with Crippen molar-refractivity contribution in [3.63, 3.8) is 0 Å². The van der Waals surface area contributed by atoms with Crippen LogP contribution in [0.2, 0.25) is 0 Å². The van der Waals surface area contributed by atoms with Crippen LogP contribution in [-0.4, -0.2) is 25.0 Å². The molecule has 102 valence electrons. The van der Waals surface area contributed by atoms with E-state index < -0.39 is 0 Å². The van der Waals surface area contributed by atoms with Gasteiger partial charge in [-0.05, 0) is 39.1 Å². The van der Waals surface area contributed by atoms with Gasteiger partial charge in [-0.15, -0.1) is 0 Å². The largest absolute Gasteiger partial charge is 0.382 e. The van der Waals surface area contributed by atoms with E-state index in [1.165, 1.54) is 36.9 Å². The Labute approximate surface area is 112 Å². The summed E-state index contributed by atoms with van der Waals surface area (Å²) in [6.45, 7) is 5.53. The van der Waals surface area contributed by atoms with E-state index in [1.54, 1.807) is 0 Å². The average Bonchev–Trinajstić information content (AvgIpc) is 2.31. The first kappa shape index (κ1) is 15.0. The zero-order valence-electron chi connectivity index (χ0n) is 12.4. The van der Waals surface area contributed by atoms with E-state index in [-0.39, 0.29) is 0 Å². The first-order valence-electron chi connectivity index (χ1n) is 7.12. The van der Waals surface area contributed by atoms with Gasteiger partial charge in [0.2, 0.25) is 0 Å². The van der Waals surface area contributed by atoms with Crippen molar-refractivity contribution in [1.29, 1.82) is 0 Å². The number of anilines is 1. The third kappa shape index (κ3) is 5.54. The summed E-state index contributed by atoms with van der Waals surface area (Å²) >= 11 is 0. The molecule has 18 heavy (non-hydrogen) atoms. The van der Waals surface area contributed by atoms with Crippen LogP contribution in [0.4, 0.5) is 5.69 Å². The Hall–Kier alpha value is -1.02. The van der Waals surface area contributed by atoms with Crippen molar-refractivity contribution in [3.05, 3.63) is 29.8 Å². The monoisotopic (exact) mass is 248 g/mol. The van der Waals surface area contributed by atoms with Crippen molar-refractivity contribution in [2.24, 2.45) is 0 Å². The minimum atomic E-state index is 0.555. The van der Waals surface area contributed by atoms with Crippen LogP contribution >= 0.6 is 0 Å². The molecule has 0 fully saturated rings. The molecule has 1 aromatic carbocycles. The predicted octanol–water partition coefficient (Wildman–Crippen LogP) is 4.13. The molecule has 0 heterocycles. The summed E-state index contributed by atoms with van der Waals surface area (Å²) in [6.07, 6.45) is 5.21. The van der Waals surface area contributed by atoms with Gasteiger partial charge in [0.05, 0.1) is 0 Å². The number of nitrogens with zero attached hydrogens (tertiary/aromatic N) is 1. The summed E-state index contributed by atoms with van der Waals surface area (Å²) in [5, 5.41) is 3.65. The zero-order chi connectivity index (χ0) is 13.4. The van der Waals surface area contributed by atoms with Crippen molar-refractivity contribution < 1.29 is 0 Å². The normalized spacial score (nSPS) is 12.7. The van der Waals surface area contributed by atoms with Crippen LogP contribution in [-0.2, 0) is 6.54 Å². The zero-order valence-corrected chi connectivity index (χ0v) is 12.4. The second-order valence-corrected chi connectivity index (χ2v) is 5.44. The van der Waals surface area contributed by atoms with E-state index in [1.807, 2.05) is 0 Å². The maximum absolute atomic E-state index is 3.65. The predicted molar refractivity (Wildman–Crippen MR) is 81.1 cm³/mol. The summed E-state index contributed by atoms with van der Waals surface area (Å²) in [7, 11) is 4.23. The maximum atomic E-state index is 3.65. The first-order valence-corrected chi connectivity index (χ1v) is 7.12. The molecule has 1 unspecified atom stereocenters. The Bertz CT molecular complexity index is 334. The van der Waals surface area contributed by atoms with Gasteiger partial charge in [0.25, 0.3) is 0 Å². The number of para-hydroxylation sites is 1. The number of hydrogen-bond acceptors (Lipinski definition) is 2. The van der Waals surface area contributed by atoms with Gasteiger partial charge in [0, 0.05) is 18.3 Å². The highest BCUT2D eigenvalue weighted by Gasteiger charge is 2.06. The van der Waals surface area contributed by atoms with Crippen LogP contribution in [0, 0.1) is 0 Å². The lowest BCUT2D eigenvalue weighted by Crippen LogP contribution is -2.18. The van der Waals surface area contributed by atoms with Crippen molar-refractivity contribution in [1.82, 2.24) is 4.90 Å². The Morgan fingerprint density at radius 3 is 2.56 bits per heavy atom. The smallest absolute Gasteiger partial charge is 0.0387 e. The SMILES string of the molecule is CCCCCC(C)Nc1ccccc1CN(C)C. The second kappa shape index (κ2) is 8.15. The van der Waals surface area contributed by atoms with Gasteiger partial charge in [-0.25, -0.2) is 0 Å². The van der Waals surface area contributed by atoms with Gasteiger partial charge in [-0.2, -0.15) is 0 Å². The van der Waals surface area contributed by atoms with Crippen LogP contribution in [0.5, 0.6) is 0 Å². The van der Waals surface area contributed by atoms with Gasteiger partial charge < -0.3 is 10.2 Å². The van der Waals surface area contributed by atoms with Gasteiger partial charge in [-0.1, -0.05) is 44.4 Å². The molecule has 0 aromatic heterocycles. The number of unbranched alkanes of at least 4 members (excludes halogenated alkanes) is 2. The number of benzene rings is 1. The Morgan fingerprint density at radius 1 is 1.17 bits per heavy atom. The number of nitrogens with one attached hydrogen (secondary N) is 1. The minimum Gasteiger partial charge on any atom is -0.382 e. The molecule has 1 rings (SSSR count). The van der Waals surface area contributed by atoms with Crippen LogP contribution in [0.1, 0.15) is 45.1 Å². The molecule has 0 aliphatic carbocycles. The average molecular weight is 248 g/mol. The van der Waals surface area contributed by atoms with Crippen molar-refractivity contribution in [2.45, 2.75) is 52.1 Å². The summed E-state index contributed by atoms with van der Waals surface area (Å²) in [5.74, 6) is 0. The third-order valence-corrected chi connectivity index (χ3v) is 3.15. The lowest BCUT2D eigenvalue weighted by Gasteiger charge is -2.19. The minimum absolute atomic E-state index is 0.555. The molecular weight excluding hydrogens is 220 g/mol. The molecule has 1 atom stereocenters. The topological polar surface area (TPSA) is 15.3 Å². The molecule has 0 saturated heterocycles. The fourth-order valence-corrected chi connectivity index (χ4v) is 2.18. The lowest BCUT2D eigenvalue weighted by molar-refractivity contribution is 0.403. The molecule has 2 heteroatoms. The molecule has 0 amide bonds. The molecule has 1 aromatic rings. The Balaban J connectivity index is 2.54. The third-order valence-electron chi connectivity index (χ3n) is 3.15. The highest BCUT2D eigenvalue weighted by atomic mass is 15.1. The van der Waals surface area contributed by atoms with E-state index in [2.05, 4.69) is 62.4 Å². The summed E-state index contributed by atoms with van der Waals surface area (Å²) in [4.78, 5) is 2.21. The standard InChI is InChI=1S/C16H28N2/c1-5-6-7-10-14(2)17-16-12-9-8-11-15(16)13-18(3)4/h8-9,11-12,14,17H,5-7,10,13H2,1-4H3. The second-order valence-electron chi connectivity index (χ2n) is 5.44. The molecule has 0 bridgehead atoms. The van der Waals surface area contributed by atoms with Gasteiger partial charge in [0.1, 0.15) is 0 Å². The number of rotatable bonds is 8. The molecule has 0 aliphatic heterocycles. The fraction of sp³-hybridized carbons (Fsp3) is 0.625. The van der Waals surface area contributed by atoms with Crippen LogP contribution < -0.4 is 5.32 Å². The fourth-order valence-electron chi connectivity index (χ4n) is 2.18. The molecule has 2 nitrogen and oxygen atoms in total. The van der Waals surface area contributed by atoms with Crippen LogP contribution in [0.3, 0.4) is 0 Å². The summed E-state index contributed by atoms with van der Waals surface area (Å²) in [6, 6.07) is 9.18. The Morgan fingerprint density at radius 2 is 1.89 bits per heavy atom. The van der Waals surface area contributed by atoms with E-state index in [9.17, 15) is 0 Å². The summed E-state index contributed by atoms with van der Waals surface area (Å²) < 4.78 is 0. The lowest BCUT2D eigenvalue weighted by atomic mass is 10.1. The van der Waals surface area contributed by atoms with Crippen molar-refractivity contribution >= 4 is 5.69 Å². The molecule has 0 saturated carbocycles. The Kier molecular flexibility index (Phi) is 6.81. The molecule has 0 spiro atoms. The van der Waals surface area contributed by atoms with Crippen molar-refractivity contribution in [3.8, 4) is 0 Å². The van der Waals surface area contributed by atoms with Crippen LogP contribution in [0.25, 0.3) is 0 Å². The van der Waals surface area contributed by atoms with Gasteiger partial charge in [0.15, 0.2) is 0 Å². The number of hydrogen-bond donors (Lipinski definition) is 1. The highest BCUT2D eigenvalue weighted by molar-refractivity contribution is 5.51. The van der Waals surface area contributed by atoms with Gasteiger partial charge in [-0.3, -0.25) is 0 Å². The first-order chi connectivity index (χ1) is 8.63. The van der Waals surface area contributed by atoms with E-state index in [0.717, 1.165) is 6.54 Å². The maximum Gasteiger partial charge on any atom is 0.0387 e. The molecule has 0 aliphatic rings.